The van der Waals surface area contributed by atoms with Gasteiger partial charge in [-0.15, -0.1) is 0 Å². The quantitative estimate of drug-likeness (QED) is 0.721. The number of nitrogens with zero attached hydrogens (tertiary/aromatic N) is 1. The largest absolute Gasteiger partial charge is 0.384 e. The first kappa shape index (κ1) is 13.5. The van der Waals surface area contributed by atoms with Crippen LogP contribution in [0.25, 0.3) is 21.8 Å². The molecule has 1 aromatic heterocycles. The van der Waals surface area contributed by atoms with Crippen LogP contribution in [0.2, 0.25) is 0 Å². The summed E-state index contributed by atoms with van der Waals surface area (Å²) in [5.41, 5.74) is 3.36. The summed E-state index contributed by atoms with van der Waals surface area (Å²) in [7, 11) is 0. The van der Waals surface area contributed by atoms with E-state index in [1.54, 1.807) is 0 Å². The number of benzene rings is 2. The third-order valence-electron chi connectivity index (χ3n) is 4.61. The number of nitrogens with one attached hydrogen (secondary N) is 2. The van der Waals surface area contributed by atoms with Crippen molar-refractivity contribution in [3.05, 3.63) is 48.5 Å². The Hall–Kier alpha value is -2.13. The van der Waals surface area contributed by atoms with Crippen molar-refractivity contribution in [1.29, 1.82) is 0 Å². The van der Waals surface area contributed by atoms with Crippen molar-refractivity contribution in [2.45, 2.75) is 12.8 Å². The molecule has 2 heterocycles. The number of hydrogen-bond donors (Lipinski definition) is 2. The second-order valence-electron chi connectivity index (χ2n) is 6.10. The van der Waals surface area contributed by atoms with Crippen LogP contribution >= 0.6 is 0 Å². The van der Waals surface area contributed by atoms with Crippen LogP contribution in [-0.2, 0) is 0 Å². The van der Waals surface area contributed by atoms with Gasteiger partial charge in [0, 0.05) is 17.3 Å². The molecule has 3 nitrogen and oxygen atoms in total. The average Bonchev–Trinajstić information content (AvgIpc) is 2.59. The van der Waals surface area contributed by atoms with Gasteiger partial charge in [-0.25, -0.2) is 4.98 Å². The van der Waals surface area contributed by atoms with Gasteiger partial charge in [-0.2, -0.15) is 0 Å². The molecule has 1 aliphatic rings. The lowest BCUT2D eigenvalue weighted by Gasteiger charge is -2.24. The number of fused-ring (bicyclic) bond motifs is 2. The van der Waals surface area contributed by atoms with Crippen molar-refractivity contribution in [2.75, 3.05) is 25.0 Å². The predicted molar refractivity (Wildman–Crippen MR) is 93.3 cm³/mol. The topological polar surface area (TPSA) is 37.0 Å². The Bertz CT molecular complexity index is 737. The van der Waals surface area contributed by atoms with Crippen LogP contribution in [0.5, 0.6) is 0 Å². The Labute approximate surface area is 130 Å². The normalized spacial score (nSPS) is 16.2. The molecule has 3 aromatic rings. The molecule has 2 N–H and O–H groups in total. The number of aromatic nitrogens is 1. The molecule has 0 radical (unpaired) electrons. The molecule has 2 aromatic carbocycles. The average molecular weight is 291 g/mol. The Morgan fingerprint density at radius 2 is 1.50 bits per heavy atom. The van der Waals surface area contributed by atoms with Gasteiger partial charge in [0.2, 0.25) is 0 Å². The van der Waals surface area contributed by atoms with Gasteiger partial charge in [0.25, 0.3) is 0 Å². The van der Waals surface area contributed by atoms with Gasteiger partial charge in [-0.05, 0) is 44.0 Å². The molecule has 22 heavy (non-hydrogen) atoms. The molecule has 1 fully saturated rings. The zero-order valence-electron chi connectivity index (χ0n) is 12.7. The Balaban J connectivity index is 1.75. The van der Waals surface area contributed by atoms with Gasteiger partial charge < -0.3 is 10.6 Å². The monoisotopic (exact) mass is 291 g/mol. The van der Waals surface area contributed by atoms with Crippen molar-refractivity contribution in [2.24, 2.45) is 5.92 Å². The number of anilines is 1. The highest BCUT2D eigenvalue weighted by Crippen LogP contribution is 2.31. The van der Waals surface area contributed by atoms with Crippen LogP contribution in [0.3, 0.4) is 0 Å². The maximum Gasteiger partial charge on any atom is 0.0730 e. The van der Waals surface area contributed by atoms with Crippen LogP contribution in [0.15, 0.2) is 48.5 Å². The molecule has 0 atom stereocenters. The van der Waals surface area contributed by atoms with E-state index >= 15 is 0 Å². The van der Waals surface area contributed by atoms with Crippen LogP contribution in [-0.4, -0.2) is 24.6 Å². The summed E-state index contributed by atoms with van der Waals surface area (Å²) in [6, 6.07) is 16.8. The van der Waals surface area contributed by atoms with Crippen molar-refractivity contribution in [3.8, 4) is 0 Å². The number of para-hydroxylation sites is 2. The van der Waals surface area contributed by atoms with Crippen LogP contribution in [0.1, 0.15) is 12.8 Å². The number of rotatable bonds is 3. The highest BCUT2D eigenvalue weighted by atomic mass is 14.9. The summed E-state index contributed by atoms with van der Waals surface area (Å²) in [5.74, 6) is 0.756. The van der Waals surface area contributed by atoms with Gasteiger partial charge in [0.05, 0.1) is 16.7 Å². The fourth-order valence-electron chi connectivity index (χ4n) is 3.36. The highest BCUT2D eigenvalue weighted by molar-refractivity contribution is 6.07. The molecule has 112 valence electrons. The molecule has 0 unspecified atom stereocenters. The van der Waals surface area contributed by atoms with Crippen LogP contribution < -0.4 is 10.6 Å². The lowest BCUT2D eigenvalue weighted by molar-refractivity contribution is 0.390. The van der Waals surface area contributed by atoms with E-state index in [-0.39, 0.29) is 0 Å². The molecule has 3 heteroatoms. The summed E-state index contributed by atoms with van der Waals surface area (Å²) in [4.78, 5) is 4.78. The van der Waals surface area contributed by atoms with E-state index in [9.17, 15) is 0 Å². The molecule has 0 spiro atoms. The van der Waals surface area contributed by atoms with Gasteiger partial charge >= 0.3 is 0 Å². The van der Waals surface area contributed by atoms with E-state index in [1.165, 1.54) is 29.3 Å². The zero-order valence-corrected chi connectivity index (χ0v) is 12.7. The maximum atomic E-state index is 4.78. The van der Waals surface area contributed by atoms with E-state index in [0.717, 1.165) is 36.6 Å². The van der Waals surface area contributed by atoms with Crippen molar-refractivity contribution >= 4 is 27.5 Å². The maximum absolute atomic E-state index is 4.78. The third-order valence-corrected chi connectivity index (χ3v) is 4.61. The molecule has 0 amide bonds. The second-order valence-corrected chi connectivity index (χ2v) is 6.10. The number of hydrogen-bond acceptors (Lipinski definition) is 3. The van der Waals surface area contributed by atoms with E-state index in [2.05, 4.69) is 59.2 Å². The van der Waals surface area contributed by atoms with E-state index in [0.29, 0.717) is 0 Å². The zero-order chi connectivity index (χ0) is 14.8. The third kappa shape index (κ3) is 2.53. The Kier molecular flexibility index (Phi) is 3.65. The molecule has 0 bridgehead atoms. The Morgan fingerprint density at radius 1 is 0.909 bits per heavy atom. The summed E-state index contributed by atoms with van der Waals surface area (Å²) < 4.78 is 0. The van der Waals surface area contributed by atoms with Crippen molar-refractivity contribution < 1.29 is 0 Å². The summed E-state index contributed by atoms with van der Waals surface area (Å²) in [6.45, 7) is 3.33. The number of pyridine rings is 1. The first-order chi connectivity index (χ1) is 10.9. The van der Waals surface area contributed by atoms with E-state index in [4.69, 9.17) is 4.98 Å². The van der Waals surface area contributed by atoms with Gasteiger partial charge in [0.15, 0.2) is 0 Å². The minimum Gasteiger partial charge on any atom is -0.384 e. The van der Waals surface area contributed by atoms with Crippen LogP contribution in [0, 0.1) is 5.92 Å². The molecule has 1 aliphatic heterocycles. The fraction of sp³-hybridized carbons (Fsp3) is 0.316. The van der Waals surface area contributed by atoms with Gasteiger partial charge in [0.1, 0.15) is 0 Å². The molecular weight excluding hydrogens is 270 g/mol. The molecule has 4 rings (SSSR count). The Morgan fingerprint density at radius 3 is 2.14 bits per heavy atom. The standard InChI is InChI=1S/C19H21N3/c1-3-7-17-15(5-1)19(16-6-2-4-8-18(16)22-17)21-13-14-9-11-20-12-10-14/h1-8,14,20H,9-13H2,(H,21,22). The fourth-order valence-corrected chi connectivity index (χ4v) is 3.36. The molecule has 0 aliphatic carbocycles. The number of piperidine rings is 1. The van der Waals surface area contributed by atoms with Crippen molar-refractivity contribution in [1.82, 2.24) is 10.3 Å². The van der Waals surface area contributed by atoms with Crippen LogP contribution in [0.4, 0.5) is 5.69 Å². The minimum atomic E-state index is 0.756. The summed E-state index contributed by atoms with van der Waals surface area (Å²) >= 11 is 0. The minimum absolute atomic E-state index is 0.756. The van der Waals surface area contributed by atoms with Gasteiger partial charge in [-0.3, -0.25) is 0 Å². The highest BCUT2D eigenvalue weighted by Gasteiger charge is 2.14. The SMILES string of the molecule is c1ccc2c(NCC3CCNCC3)c3ccccc3nc2c1. The predicted octanol–water partition coefficient (Wildman–Crippen LogP) is 3.80. The van der Waals surface area contributed by atoms with E-state index in [1.807, 2.05) is 0 Å². The second kappa shape index (κ2) is 5.93. The summed E-state index contributed by atoms with van der Waals surface area (Å²) in [5, 5.41) is 9.60. The lowest BCUT2D eigenvalue weighted by Crippen LogP contribution is -2.31. The molecule has 0 saturated carbocycles. The lowest BCUT2D eigenvalue weighted by atomic mass is 9.97. The van der Waals surface area contributed by atoms with Gasteiger partial charge in [-0.1, -0.05) is 36.4 Å². The first-order valence-electron chi connectivity index (χ1n) is 8.14. The first-order valence-corrected chi connectivity index (χ1v) is 8.14. The molecular formula is C19H21N3. The smallest absolute Gasteiger partial charge is 0.0730 e. The molecule has 1 saturated heterocycles. The van der Waals surface area contributed by atoms with Crippen molar-refractivity contribution in [3.63, 3.8) is 0 Å². The summed E-state index contributed by atoms with van der Waals surface area (Å²) in [6.07, 6.45) is 2.52. The van der Waals surface area contributed by atoms with E-state index < -0.39 is 0 Å².